The highest BCUT2D eigenvalue weighted by Crippen LogP contribution is 2.42. The molecule has 3 aromatic rings. The maximum atomic E-state index is 13.8. The number of fused-ring (bicyclic) bond motifs is 1. The summed E-state index contributed by atoms with van der Waals surface area (Å²) in [4.78, 5) is 16.7. The minimum atomic E-state index is -2.59. The first-order valence-corrected chi connectivity index (χ1v) is 10.4. The second-order valence-corrected chi connectivity index (χ2v) is 8.49. The van der Waals surface area contributed by atoms with Gasteiger partial charge in [-0.3, -0.25) is 4.79 Å². The number of nitrogens with zero attached hydrogens (tertiary/aromatic N) is 3. The first-order valence-electron chi connectivity index (χ1n) is 10.4. The van der Waals surface area contributed by atoms with E-state index in [1.165, 1.54) is 0 Å². The second-order valence-electron chi connectivity index (χ2n) is 8.49. The Bertz CT molecular complexity index is 1100. The monoisotopic (exact) mass is 414 g/mol. The summed E-state index contributed by atoms with van der Waals surface area (Å²) in [6.45, 7) is 3.77. The Hall–Kier alpha value is -2.77. The zero-order valence-corrected chi connectivity index (χ0v) is 17.0. The number of hydrogen-bond acceptors (Lipinski definition) is 4. The lowest BCUT2D eigenvalue weighted by molar-refractivity contribution is -0.119. The molecule has 1 aromatic carbocycles. The molecule has 0 bridgehead atoms. The van der Waals surface area contributed by atoms with E-state index < -0.39 is 5.92 Å². The van der Waals surface area contributed by atoms with Gasteiger partial charge in [0.05, 0.1) is 22.8 Å². The van der Waals surface area contributed by atoms with E-state index >= 15 is 0 Å². The third kappa shape index (κ3) is 3.18. The Morgan fingerprint density at radius 1 is 1.20 bits per heavy atom. The number of amides is 1. The molecule has 2 fully saturated rings. The van der Waals surface area contributed by atoms with Crippen LogP contribution < -0.4 is 5.32 Å². The van der Waals surface area contributed by atoms with Crippen LogP contribution in [0.3, 0.4) is 0 Å². The van der Waals surface area contributed by atoms with Gasteiger partial charge in [-0.05, 0) is 50.8 Å². The number of hydrogen-bond donors (Lipinski definition) is 1. The van der Waals surface area contributed by atoms with E-state index in [1.807, 2.05) is 32.0 Å². The van der Waals surface area contributed by atoms with Gasteiger partial charge in [-0.25, -0.2) is 13.8 Å². The topological polar surface area (TPSA) is 72.9 Å². The molecule has 8 heteroatoms. The van der Waals surface area contributed by atoms with Crippen molar-refractivity contribution in [2.24, 2.45) is 0 Å². The van der Waals surface area contributed by atoms with Crippen molar-refractivity contribution in [3.8, 4) is 11.1 Å². The van der Waals surface area contributed by atoms with E-state index in [9.17, 15) is 13.6 Å². The molecular weight excluding hydrogens is 390 g/mol. The predicted octanol–water partition coefficient (Wildman–Crippen LogP) is 5.01. The Labute approximate surface area is 172 Å². The minimum absolute atomic E-state index is 0.00481. The molecule has 158 valence electrons. The zero-order valence-electron chi connectivity index (χ0n) is 17.0. The summed E-state index contributed by atoms with van der Waals surface area (Å²) in [6, 6.07) is 5.76. The Kier molecular flexibility index (Phi) is 4.41. The molecule has 1 saturated carbocycles. The number of nitrogens with one attached hydrogen (secondary N) is 1. The van der Waals surface area contributed by atoms with E-state index in [0.29, 0.717) is 25.7 Å². The van der Waals surface area contributed by atoms with Crippen molar-refractivity contribution in [1.82, 2.24) is 20.0 Å². The van der Waals surface area contributed by atoms with Crippen LogP contribution in [0.15, 0.2) is 22.7 Å². The smallest absolute Gasteiger partial charge is 0.248 e. The van der Waals surface area contributed by atoms with Crippen molar-refractivity contribution in [3.05, 3.63) is 35.5 Å². The Morgan fingerprint density at radius 2 is 1.97 bits per heavy atom. The summed E-state index contributed by atoms with van der Waals surface area (Å²) in [5.74, 6) is -1.08. The first-order chi connectivity index (χ1) is 14.3. The van der Waals surface area contributed by atoms with Crippen molar-refractivity contribution < 1.29 is 18.1 Å². The Morgan fingerprint density at radius 3 is 2.60 bits per heavy atom. The highest BCUT2D eigenvalue weighted by Gasteiger charge is 2.38. The van der Waals surface area contributed by atoms with Gasteiger partial charge in [-0.2, -0.15) is 0 Å². The number of aryl methyl sites for hydroxylation is 2. The number of carbonyl (C=O) groups excluding carboxylic acids is 1. The number of rotatable bonds is 3. The highest BCUT2D eigenvalue weighted by molar-refractivity contribution is 5.84. The van der Waals surface area contributed by atoms with E-state index in [2.05, 4.69) is 15.0 Å². The number of carbonyl (C=O) groups is 1. The molecule has 2 aliphatic rings. The minimum Gasteiger partial charge on any atom is -0.361 e. The molecule has 1 unspecified atom stereocenters. The van der Waals surface area contributed by atoms with Crippen molar-refractivity contribution in [3.63, 3.8) is 0 Å². The molecular formula is C22H24F2N4O2. The molecule has 3 heterocycles. The van der Waals surface area contributed by atoms with Crippen molar-refractivity contribution >= 4 is 16.9 Å². The van der Waals surface area contributed by atoms with Crippen LogP contribution in [0.25, 0.3) is 22.2 Å². The van der Waals surface area contributed by atoms with Gasteiger partial charge in [0.15, 0.2) is 0 Å². The standard InChI is InChI=1S/C22H24F2N4O2/c1-12-20(13(2)30-27-12)14-3-5-18-17(11-14)26-21(16-4-6-19(29)25-16)28(18)15-7-9-22(23,24)10-8-15/h3,5,11,15-16H,4,6-10H2,1-2H3,(H,25,29). The van der Waals surface area contributed by atoms with Crippen molar-refractivity contribution in [1.29, 1.82) is 0 Å². The van der Waals surface area contributed by atoms with Gasteiger partial charge < -0.3 is 14.4 Å². The molecule has 5 rings (SSSR count). The molecule has 1 atom stereocenters. The quantitative estimate of drug-likeness (QED) is 0.654. The van der Waals surface area contributed by atoms with Crippen LogP contribution in [0.4, 0.5) is 8.78 Å². The average Bonchev–Trinajstić information content (AvgIpc) is 3.38. The lowest BCUT2D eigenvalue weighted by atomic mass is 9.91. The maximum Gasteiger partial charge on any atom is 0.248 e. The van der Waals surface area contributed by atoms with E-state index in [0.717, 1.165) is 39.4 Å². The van der Waals surface area contributed by atoms with E-state index in [-0.39, 0.29) is 30.8 Å². The number of alkyl halides is 2. The van der Waals surface area contributed by atoms with Crippen molar-refractivity contribution in [2.45, 2.75) is 70.4 Å². The third-order valence-electron chi connectivity index (χ3n) is 6.40. The lowest BCUT2D eigenvalue weighted by Crippen LogP contribution is -2.29. The van der Waals surface area contributed by atoms with Gasteiger partial charge in [0.25, 0.3) is 0 Å². The summed E-state index contributed by atoms with van der Waals surface area (Å²) < 4.78 is 34.9. The third-order valence-corrected chi connectivity index (χ3v) is 6.40. The molecule has 0 radical (unpaired) electrons. The van der Waals surface area contributed by atoms with Crippen molar-refractivity contribution in [2.75, 3.05) is 0 Å². The number of benzene rings is 1. The highest BCUT2D eigenvalue weighted by atomic mass is 19.3. The molecule has 2 aromatic heterocycles. The van der Waals surface area contributed by atoms with Crippen LogP contribution >= 0.6 is 0 Å². The second kappa shape index (κ2) is 6.89. The molecule has 0 spiro atoms. The summed E-state index contributed by atoms with van der Waals surface area (Å²) in [6.07, 6.45) is 1.69. The van der Waals surface area contributed by atoms with Crippen LogP contribution in [-0.4, -0.2) is 26.5 Å². The molecule has 30 heavy (non-hydrogen) atoms. The van der Waals surface area contributed by atoms with Gasteiger partial charge in [0.1, 0.15) is 11.6 Å². The normalized spacial score (nSPS) is 22.0. The predicted molar refractivity (Wildman–Crippen MR) is 107 cm³/mol. The number of imidazole rings is 1. The Balaban J connectivity index is 1.62. The maximum absolute atomic E-state index is 13.8. The SMILES string of the molecule is Cc1noc(C)c1-c1ccc2c(c1)nc(C1CCC(=O)N1)n2C1CCC(F)(F)CC1. The van der Waals surface area contributed by atoms with Crippen LogP contribution in [0.1, 0.15) is 67.9 Å². The number of aromatic nitrogens is 3. The van der Waals surface area contributed by atoms with Gasteiger partial charge in [0.2, 0.25) is 11.8 Å². The van der Waals surface area contributed by atoms with Crippen LogP contribution in [-0.2, 0) is 4.79 Å². The summed E-state index contributed by atoms with van der Waals surface area (Å²) in [5, 5.41) is 7.03. The largest absolute Gasteiger partial charge is 0.361 e. The first kappa shape index (κ1) is 19.2. The lowest BCUT2D eigenvalue weighted by Gasteiger charge is -2.31. The van der Waals surface area contributed by atoms with Gasteiger partial charge >= 0.3 is 0 Å². The van der Waals surface area contributed by atoms with Gasteiger partial charge in [-0.15, -0.1) is 0 Å². The van der Waals surface area contributed by atoms with Crippen LogP contribution in [0.2, 0.25) is 0 Å². The van der Waals surface area contributed by atoms with E-state index in [1.54, 1.807) is 0 Å². The van der Waals surface area contributed by atoms with Crippen LogP contribution in [0, 0.1) is 13.8 Å². The fraction of sp³-hybridized carbons (Fsp3) is 0.500. The summed E-state index contributed by atoms with van der Waals surface area (Å²) in [5.41, 5.74) is 4.42. The summed E-state index contributed by atoms with van der Waals surface area (Å²) in [7, 11) is 0. The number of halogens is 2. The molecule has 1 N–H and O–H groups in total. The van der Waals surface area contributed by atoms with Gasteiger partial charge in [-0.1, -0.05) is 11.2 Å². The molecule has 1 amide bonds. The fourth-order valence-electron chi connectivity index (χ4n) is 4.89. The summed E-state index contributed by atoms with van der Waals surface area (Å²) >= 11 is 0. The van der Waals surface area contributed by atoms with E-state index in [4.69, 9.17) is 9.51 Å². The molecule has 6 nitrogen and oxygen atoms in total. The fourth-order valence-corrected chi connectivity index (χ4v) is 4.89. The van der Waals surface area contributed by atoms with Gasteiger partial charge in [0, 0.05) is 30.9 Å². The molecule has 1 aliphatic heterocycles. The molecule has 1 saturated heterocycles. The van der Waals surface area contributed by atoms with Crippen LogP contribution in [0.5, 0.6) is 0 Å². The zero-order chi connectivity index (χ0) is 21.0. The average molecular weight is 414 g/mol. The molecule has 1 aliphatic carbocycles.